The van der Waals surface area contributed by atoms with Crippen molar-refractivity contribution >= 4 is 5.97 Å². The summed E-state index contributed by atoms with van der Waals surface area (Å²) in [5.41, 5.74) is 2.80. The molecule has 1 heterocycles. The maximum Gasteiger partial charge on any atom is 0.358 e. The number of carboxylic acid groups (broad SMARTS) is 1. The molecule has 0 aliphatic heterocycles. The number of carboxylic acids is 1. The molecule has 5 heteroatoms. The van der Waals surface area contributed by atoms with Crippen LogP contribution in [-0.4, -0.2) is 26.1 Å². The molecule has 23 heavy (non-hydrogen) atoms. The number of rotatable bonds is 5. The highest BCUT2D eigenvalue weighted by molar-refractivity contribution is 5.86. The van der Waals surface area contributed by atoms with Crippen LogP contribution < -0.4 is 0 Å². The first-order valence-corrected chi connectivity index (χ1v) is 8.40. The standard InChI is InChI=1S/C18H23N3O2/c1-13-6-5-9-15(12-13)21-16(17(18(22)23)19-20-21)11-10-14-7-3-2-4-8-14/h5-6,9,12,14H,2-4,7-8,10-11H2,1H3,(H,22,23). The molecule has 0 radical (unpaired) electrons. The first-order chi connectivity index (χ1) is 11.1. The predicted molar refractivity (Wildman–Crippen MR) is 88.0 cm³/mol. The van der Waals surface area contributed by atoms with Crippen LogP contribution in [0.4, 0.5) is 0 Å². The van der Waals surface area contributed by atoms with Crippen LogP contribution in [0.1, 0.15) is 60.3 Å². The van der Waals surface area contributed by atoms with Crippen LogP contribution in [0.2, 0.25) is 0 Å². The highest BCUT2D eigenvalue weighted by atomic mass is 16.4. The van der Waals surface area contributed by atoms with Crippen molar-refractivity contribution in [3.63, 3.8) is 0 Å². The summed E-state index contributed by atoms with van der Waals surface area (Å²) in [6, 6.07) is 7.92. The minimum absolute atomic E-state index is 0.0855. The Morgan fingerprint density at radius 3 is 2.78 bits per heavy atom. The molecule has 122 valence electrons. The SMILES string of the molecule is Cc1cccc(-n2nnc(C(=O)O)c2CCC2CCCCC2)c1. The van der Waals surface area contributed by atoms with Crippen molar-refractivity contribution in [2.45, 2.75) is 51.9 Å². The molecule has 0 amide bonds. The summed E-state index contributed by atoms with van der Waals surface area (Å²) >= 11 is 0. The summed E-state index contributed by atoms with van der Waals surface area (Å²) in [7, 11) is 0. The Morgan fingerprint density at radius 2 is 2.09 bits per heavy atom. The largest absolute Gasteiger partial charge is 0.476 e. The van der Waals surface area contributed by atoms with E-state index in [1.54, 1.807) is 4.68 Å². The maximum absolute atomic E-state index is 11.5. The highest BCUT2D eigenvalue weighted by Gasteiger charge is 2.22. The van der Waals surface area contributed by atoms with Gasteiger partial charge in [0.1, 0.15) is 0 Å². The number of hydrogen-bond acceptors (Lipinski definition) is 3. The van der Waals surface area contributed by atoms with E-state index in [9.17, 15) is 9.90 Å². The van der Waals surface area contributed by atoms with E-state index in [1.807, 2.05) is 31.2 Å². The van der Waals surface area contributed by atoms with Crippen LogP contribution in [0.15, 0.2) is 24.3 Å². The van der Waals surface area contributed by atoms with E-state index in [2.05, 4.69) is 10.3 Å². The fourth-order valence-electron chi connectivity index (χ4n) is 3.48. The Labute approximate surface area is 136 Å². The zero-order chi connectivity index (χ0) is 16.2. The molecule has 0 atom stereocenters. The van der Waals surface area contributed by atoms with E-state index < -0.39 is 5.97 Å². The van der Waals surface area contributed by atoms with E-state index in [0.717, 1.165) is 17.7 Å². The Morgan fingerprint density at radius 1 is 1.30 bits per heavy atom. The van der Waals surface area contributed by atoms with E-state index >= 15 is 0 Å². The summed E-state index contributed by atoms with van der Waals surface area (Å²) in [4.78, 5) is 11.5. The zero-order valence-corrected chi connectivity index (χ0v) is 13.5. The second-order valence-corrected chi connectivity index (χ2v) is 6.48. The van der Waals surface area contributed by atoms with Gasteiger partial charge in [-0.2, -0.15) is 0 Å². The molecule has 0 saturated heterocycles. The summed E-state index contributed by atoms with van der Waals surface area (Å²) in [6.07, 6.45) is 8.17. The third-order valence-electron chi connectivity index (χ3n) is 4.73. The van der Waals surface area contributed by atoms with Crippen molar-refractivity contribution in [2.75, 3.05) is 0 Å². The average Bonchev–Trinajstić information content (AvgIpc) is 2.98. The number of aromatic carboxylic acids is 1. The normalized spacial score (nSPS) is 15.7. The van der Waals surface area contributed by atoms with Crippen molar-refractivity contribution in [3.8, 4) is 5.69 Å². The van der Waals surface area contributed by atoms with Gasteiger partial charge < -0.3 is 5.11 Å². The molecule has 1 aliphatic carbocycles. The van der Waals surface area contributed by atoms with Gasteiger partial charge in [0.25, 0.3) is 0 Å². The van der Waals surface area contributed by atoms with Gasteiger partial charge in [-0.1, -0.05) is 49.5 Å². The van der Waals surface area contributed by atoms with Crippen molar-refractivity contribution in [1.29, 1.82) is 0 Å². The van der Waals surface area contributed by atoms with E-state index in [0.29, 0.717) is 18.0 Å². The lowest BCUT2D eigenvalue weighted by molar-refractivity contribution is 0.0689. The van der Waals surface area contributed by atoms with Crippen LogP contribution >= 0.6 is 0 Å². The minimum Gasteiger partial charge on any atom is -0.476 e. The van der Waals surface area contributed by atoms with Gasteiger partial charge in [-0.3, -0.25) is 0 Å². The molecular weight excluding hydrogens is 290 g/mol. The molecule has 1 saturated carbocycles. The van der Waals surface area contributed by atoms with Crippen molar-refractivity contribution in [2.24, 2.45) is 5.92 Å². The van der Waals surface area contributed by atoms with Crippen molar-refractivity contribution in [3.05, 3.63) is 41.2 Å². The summed E-state index contributed by atoms with van der Waals surface area (Å²) in [6.45, 7) is 2.01. The Kier molecular flexibility index (Phi) is 4.74. The number of aryl methyl sites for hydroxylation is 1. The van der Waals surface area contributed by atoms with Crippen molar-refractivity contribution < 1.29 is 9.90 Å². The first kappa shape index (κ1) is 15.7. The lowest BCUT2D eigenvalue weighted by Crippen LogP contribution is -2.12. The fourth-order valence-corrected chi connectivity index (χ4v) is 3.48. The predicted octanol–water partition coefficient (Wildman–Crippen LogP) is 3.79. The van der Waals surface area contributed by atoms with Crippen LogP contribution in [0.5, 0.6) is 0 Å². The quantitative estimate of drug-likeness (QED) is 0.912. The number of aromatic nitrogens is 3. The van der Waals surface area contributed by atoms with Gasteiger partial charge in [-0.05, 0) is 43.4 Å². The molecule has 1 aromatic carbocycles. The number of hydrogen-bond donors (Lipinski definition) is 1. The smallest absolute Gasteiger partial charge is 0.358 e. The summed E-state index contributed by atoms with van der Waals surface area (Å²) in [5.74, 6) is -0.297. The Balaban J connectivity index is 1.86. The fraction of sp³-hybridized carbons (Fsp3) is 0.500. The molecule has 0 spiro atoms. The van der Waals surface area contributed by atoms with Gasteiger partial charge in [0, 0.05) is 0 Å². The van der Waals surface area contributed by atoms with Crippen LogP contribution in [0, 0.1) is 12.8 Å². The van der Waals surface area contributed by atoms with Gasteiger partial charge in [0.2, 0.25) is 0 Å². The second kappa shape index (κ2) is 6.94. The van der Waals surface area contributed by atoms with E-state index in [4.69, 9.17) is 0 Å². The number of benzene rings is 1. The van der Waals surface area contributed by atoms with Gasteiger partial charge >= 0.3 is 5.97 Å². The zero-order valence-electron chi connectivity index (χ0n) is 13.5. The number of carbonyl (C=O) groups is 1. The molecule has 1 aliphatic rings. The second-order valence-electron chi connectivity index (χ2n) is 6.48. The molecule has 2 aromatic rings. The van der Waals surface area contributed by atoms with Gasteiger partial charge in [0.15, 0.2) is 5.69 Å². The lowest BCUT2D eigenvalue weighted by Gasteiger charge is -2.21. The monoisotopic (exact) mass is 313 g/mol. The van der Waals surface area contributed by atoms with Gasteiger partial charge in [-0.25, -0.2) is 9.48 Å². The molecule has 1 fully saturated rings. The minimum atomic E-state index is -0.998. The number of nitrogens with zero attached hydrogens (tertiary/aromatic N) is 3. The average molecular weight is 313 g/mol. The van der Waals surface area contributed by atoms with E-state index in [-0.39, 0.29) is 5.69 Å². The molecule has 0 bridgehead atoms. The molecular formula is C18H23N3O2. The van der Waals surface area contributed by atoms with Crippen molar-refractivity contribution in [1.82, 2.24) is 15.0 Å². The summed E-state index contributed by atoms with van der Waals surface area (Å²) < 4.78 is 1.69. The third-order valence-corrected chi connectivity index (χ3v) is 4.73. The first-order valence-electron chi connectivity index (χ1n) is 8.40. The van der Waals surface area contributed by atoms with Gasteiger partial charge in [-0.15, -0.1) is 5.10 Å². The molecule has 3 rings (SSSR count). The summed E-state index contributed by atoms with van der Waals surface area (Å²) in [5, 5.41) is 17.4. The van der Waals surface area contributed by atoms with Crippen LogP contribution in [0.3, 0.4) is 0 Å². The van der Waals surface area contributed by atoms with Crippen LogP contribution in [0.25, 0.3) is 5.69 Å². The molecule has 1 N–H and O–H groups in total. The van der Waals surface area contributed by atoms with E-state index in [1.165, 1.54) is 32.1 Å². The Bertz CT molecular complexity index is 687. The third kappa shape index (κ3) is 3.60. The van der Waals surface area contributed by atoms with Gasteiger partial charge in [0.05, 0.1) is 11.4 Å². The topological polar surface area (TPSA) is 68.0 Å². The highest BCUT2D eigenvalue weighted by Crippen LogP contribution is 2.28. The molecule has 5 nitrogen and oxygen atoms in total. The molecule has 0 unspecified atom stereocenters. The maximum atomic E-state index is 11.5. The molecule has 1 aromatic heterocycles. The lowest BCUT2D eigenvalue weighted by atomic mass is 9.85. The van der Waals surface area contributed by atoms with Crippen LogP contribution in [-0.2, 0) is 6.42 Å². The Hall–Kier alpha value is -2.17.